The highest BCUT2D eigenvalue weighted by molar-refractivity contribution is 5.26. The fraction of sp³-hybridized carbons (Fsp3) is 0.500. The smallest absolute Gasteiger partial charge is 0.0260 e. The molecule has 60 valence electrons. The molecule has 0 N–H and O–H groups in total. The predicted octanol–water partition coefficient (Wildman–Crippen LogP) is 3.09. The summed E-state index contributed by atoms with van der Waals surface area (Å²) in [6, 6.07) is 0. The zero-order valence-electron chi connectivity index (χ0n) is 6.92. The summed E-state index contributed by atoms with van der Waals surface area (Å²) in [5.41, 5.74) is 1.57. The van der Waals surface area contributed by atoms with Crippen LogP contribution in [-0.4, -0.2) is 6.72 Å². The molecule has 0 atom stereocenters. The molecule has 1 rings (SSSR count). The zero-order valence-corrected chi connectivity index (χ0v) is 6.92. The van der Waals surface area contributed by atoms with Crippen molar-refractivity contribution in [2.24, 2.45) is 4.99 Å². The Morgan fingerprint density at radius 2 is 1.91 bits per heavy atom. The standard InChI is InChI=1S/C10H15N/c1-11-9-5-8-10-6-3-2-4-7-10/h5,8-9H,1-4,6-7H2/b9-5-. The van der Waals surface area contributed by atoms with Gasteiger partial charge in [0.2, 0.25) is 0 Å². The Hall–Kier alpha value is -0.850. The molecule has 0 bridgehead atoms. The van der Waals surface area contributed by atoms with E-state index in [1.54, 1.807) is 11.8 Å². The Bertz CT molecular complexity index is 169. The lowest BCUT2D eigenvalue weighted by Gasteiger charge is -2.11. The molecule has 1 aliphatic carbocycles. The first-order chi connectivity index (χ1) is 5.43. The van der Waals surface area contributed by atoms with Crippen molar-refractivity contribution in [1.82, 2.24) is 0 Å². The summed E-state index contributed by atoms with van der Waals surface area (Å²) in [6.07, 6.45) is 12.6. The Labute approximate surface area is 68.5 Å². The van der Waals surface area contributed by atoms with E-state index >= 15 is 0 Å². The largest absolute Gasteiger partial charge is 0.273 e. The van der Waals surface area contributed by atoms with E-state index in [1.807, 2.05) is 6.08 Å². The summed E-state index contributed by atoms with van der Waals surface area (Å²) < 4.78 is 0. The lowest BCUT2D eigenvalue weighted by molar-refractivity contribution is 0.599. The SMILES string of the molecule is C=N/C=C\C=C1CCCCC1. The molecule has 0 aromatic rings. The van der Waals surface area contributed by atoms with Crippen LogP contribution in [0.2, 0.25) is 0 Å². The molecule has 0 heterocycles. The summed E-state index contributed by atoms with van der Waals surface area (Å²) in [4.78, 5) is 3.64. The lowest BCUT2D eigenvalue weighted by Crippen LogP contribution is -1.92. The minimum Gasteiger partial charge on any atom is -0.273 e. The normalized spacial score (nSPS) is 18.7. The second kappa shape index (κ2) is 4.89. The van der Waals surface area contributed by atoms with Crippen LogP contribution in [0, 0.1) is 0 Å². The Morgan fingerprint density at radius 1 is 1.18 bits per heavy atom. The minimum absolute atomic E-state index is 1.28. The van der Waals surface area contributed by atoms with E-state index < -0.39 is 0 Å². The summed E-state index contributed by atoms with van der Waals surface area (Å²) in [6.45, 7) is 3.38. The van der Waals surface area contributed by atoms with Gasteiger partial charge >= 0.3 is 0 Å². The van der Waals surface area contributed by atoms with Crippen LogP contribution in [0.5, 0.6) is 0 Å². The van der Waals surface area contributed by atoms with Gasteiger partial charge in [-0.3, -0.25) is 4.99 Å². The quantitative estimate of drug-likeness (QED) is 0.535. The molecular formula is C10H15N. The van der Waals surface area contributed by atoms with Crippen molar-refractivity contribution in [3.63, 3.8) is 0 Å². The fourth-order valence-corrected chi connectivity index (χ4v) is 1.41. The predicted molar refractivity (Wildman–Crippen MR) is 49.9 cm³/mol. The number of nitrogens with zero attached hydrogens (tertiary/aromatic N) is 1. The van der Waals surface area contributed by atoms with E-state index in [0.29, 0.717) is 0 Å². The zero-order chi connectivity index (χ0) is 7.94. The van der Waals surface area contributed by atoms with Crippen LogP contribution in [-0.2, 0) is 0 Å². The van der Waals surface area contributed by atoms with Gasteiger partial charge in [-0.25, -0.2) is 0 Å². The first kappa shape index (κ1) is 8.25. The van der Waals surface area contributed by atoms with Crippen molar-refractivity contribution in [1.29, 1.82) is 0 Å². The van der Waals surface area contributed by atoms with E-state index in [9.17, 15) is 0 Å². The van der Waals surface area contributed by atoms with Gasteiger partial charge < -0.3 is 0 Å². The van der Waals surface area contributed by atoms with Crippen molar-refractivity contribution in [3.05, 3.63) is 23.9 Å². The van der Waals surface area contributed by atoms with Crippen molar-refractivity contribution >= 4 is 6.72 Å². The molecule has 0 aliphatic heterocycles. The van der Waals surface area contributed by atoms with E-state index in [4.69, 9.17) is 0 Å². The maximum absolute atomic E-state index is 3.64. The monoisotopic (exact) mass is 149 g/mol. The Kier molecular flexibility index (Phi) is 3.67. The third-order valence-electron chi connectivity index (χ3n) is 2.02. The average molecular weight is 149 g/mol. The molecule has 1 saturated carbocycles. The number of hydrogen-bond donors (Lipinski definition) is 0. The molecule has 0 spiro atoms. The minimum atomic E-state index is 1.28. The lowest BCUT2D eigenvalue weighted by atomic mass is 9.95. The summed E-state index contributed by atoms with van der Waals surface area (Å²) in [5, 5.41) is 0. The van der Waals surface area contributed by atoms with Crippen LogP contribution in [0.1, 0.15) is 32.1 Å². The topological polar surface area (TPSA) is 12.4 Å². The highest BCUT2D eigenvalue weighted by Crippen LogP contribution is 2.22. The third kappa shape index (κ3) is 3.17. The summed E-state index contributed by atoms with van der Waals surface area (Å²) in [5.74, 6) is 0. The molecule has 0 unspecified atom stereocenters. The molecule has 1 aliphatic rings. The molecule has 1 nitrogen and oxygen atoms in total. The van der Waals surface area contributed by atoms with Gasteiger partial charge in [-0.1, -0.05) is 18.1 Å². The molecule has 1 fully saturated rings. The second-order valence-corrected chi connectivity index (χ2v) is 2.91. The van der Waals surface area contributed by atoms with Crippen LogP contribution in [0.15, 0.2) is 28.9 Å². The van der Waals surface area contributed by atoms with Gasteiger partial charge in [-0.15, -0.1) is 0 Å². The van der Waals surface area contributed by atoms with E-state index in [2.05, 4.69) is 17.8 Å². The highest BCUT2D eigenvalue weighted by Gasteiger charge is 2.02. The van der Waals surface area contributed by atoms with Crippen molar-refractivity contribution in [3.8, 4) is 0 Å². The first-order valence-electron chi connectivity index (χ1n) is 4.24. The van der Waals surface area contributed by atoms with Crippen molar-refractivity contribution < 1.29 is 0 Å². The number of hydrogen-bond acceptors (Lipinski definition) is 1. The molecule has 1 heteroatoms. The van der Waals surface area contributed by atoms with Crippen LogP contribution >= 0.6 is 0 Å². The first-order valence-corrected chi connectivity index (χ1v) is 4.24. The molecule has 0 aromatic heterocycles. The van der Waals surface area contributed by atoms with Gasteiger partial charge in [0.05, 0.1) is 0 Å². The van der Waals surface area contributed by atoms with E-state index in [0.717, 1.165) is 0 Å². The Balaban J connectivity index is 2.37. The third-order valence-corrected chi connectivity index (χ3v) is 2.02. The molecule has 0 saturated heterocycles. The van der Waals surface area contributed by atoms with Gasteiger partial charge in [-0.05, 0) is 38.5 Å². The van der Waals surface area contributed by atoms with Gasteiger partial charge in [-0.2, -0.15) is 0 Å². The van der Waals surface area contributed by atoms with Gasteiger partial charge in [0.1, 0.15) is 0 Å². The summed E-state index contributed by atoms with van der Waals surface area (Å²) >= 11 is 0. The van der Waals surface area contributed by atoms with Crippen LogP contribution < -0.4 is 0 Å². The molecule has 0 radical (unpaired) electrons. The maximum Gasteiger partial charge on any atom is 0.0260 e. The number of allylic oxidation sites excluding steroid dienone is 3. The molecule has 0 amide bonds. The number of aliphatic imine (C=N–C) groups is 1. The molecular weight excluding hydrogens is 134 g/mol. The van der Waals surface area contributed by atoms with Crippen molar-refractivity contribution in [2.45, 2.75) is 32.1 Å². The highest BCUT2D eigenvalue weighted by atomic mass is 14.6. The van der Waals surface area contributed by atoms with Gasteiger partial charge in [0, 0.05) is 6.20 Å². The number of rotatable bonds is 2. The molecule has 11 heavy (non-hydrogen) atoms. The van der Waals surface area contributed by atoms with Crippen molar-refractivity contribution in [2.75, 3.05) is 0 Å². The summed E-state index contributed by atoms with van der Waals surface area (Å²) in [7, 11) is 0. The van der Waals surface area contributed by atoms with Crippen LogP contribution in [0.3, 0.4) is 0 Å². The van der Waals surface area contributed by atoms with Crippen LogP contribution in [0.4, 0.5) is 0 Å². The Morgan fingerprint density at radius 3 is 2.55 bits per heavy atom. The molecule has 0 aromatic carbocycles. The average Bonchev–Trinajstić information content (AvgIpc) is 2.07. The van der Waals surface area contributed by atoms with Gasteiger partial charge in [0.25, 0.3) is 0 Å². The second-order valence-electron chi connectivity index (χ2n) is 2.91. The van der Waals surface area contributed by atoms with E-state index in [1.165, 1.54) is 32.1 Å². The van der Waals surface area contributed by atoms with E-state index in [-0.39, 0.29) is 0 Å². The van der Waals surface area contributed by atoms with Gasteiger partial charge in [0.15, 0.2) is 0 Å². The maximum atomic E-state index is 3.64. The fourth-order valence-electron chi connectivity index (χ4n) is 1.41. The van der Waals surface area contributed by atoms with Crippen LogP contribution in [0.25, 0.3) is 0 Å².